The summed E-state index contributed by atoms with van der Waals surface area (Å²) in [6, 6.07) is 0. The third-order valence-electron chi connectivity index (χ3n) is 4.05. The van der Waals surface area contributed by atoms with E-state index in [1.807, 2.05) is 0 Å². The maximum Gasteiger partial charge on any atom is 0.313 e. The second-order valence-corrected chi connectivity index (χ2v) is 5.29. The first-order valence-corrected chi connectivity index (χ1v) is 6.76. The molecule has 0 radical (unpaired) electrons. The van der Waals surface area contributed by atoms with Crippen LogP contribution in [0.4, 0.5) is 0 Å². The van der Waals surface area contributed by atoms with E-state index >= 15 is 0 Å². The molecule has 1 saturated carbocycles. The second kappa shape index (κ2) is 5.83. The van der Waals surface area contributed by atoms with Crippen LogP contribution in [0.3, 0.4) is 0 Å². The van der Waals surface area contributed by atoms with Crippen molar-refractivity contribution in [3.8, 4) is 0 Å². The van der Waals surface area contributed by atoms with E-state index in [0.29, 0.717) is 19.8 Å². The molecular formula is C13H23NO3. The number of esters is 1. The predicted octanol–water partition coefficient (Wildman–Crippen LogP) is 1.62. The van der Waals surface area contributed by atoms with E-state index in [1.165, 1.54) is 12.8 Å². The summed E-state index contributed by atoms with van der Waals surface area (Å²) >= 11 is 0. The van der Waals surface area contributed by atoms with Gasteiger partial charge in [-0.2, -0.15) is 0 Å². The molecule has 2 N–H and O–H groups in total. The smallest absolute Gasteiger partial charge is 0.313 e. The summed E-state index contributed by atoms with van der Waals surface area (Å²) in [5.41, 5.74) is 5.43. The number of nitrogens with two attached hydrogens (primary N) is 1. The summed E-state index contributed by atoms with van der Waals surface area (Å²) in [5.74, 6) is -0.0857. The van der Waals surface area contributed by atoms with E-state index in [-0.39, 0.29) is 12.1 Å². The monoisotopic (exact) mass is 241 g/mol. The van der Waals surface area contributed by atoms with Crippen molar-refractivity contribution in [3.05, 3.63) is 0 Å². The Hall–Kier alpha value is -0.610. The molecule has 2 rings (SSSR count). The molecule has 1 unspecified atom stereocenters. The van der Waals surface area contributed by atoms with E-state index in [4.69, 9.17) is 15.2 Å². The van der Waals surface area contributed by atoms with E-state index in [9.17, 15) is 4.79 Å². The highest BCUT2D eigenvalue weighted by atomic mass is 16.6. The van der Waals surface area contributed by atoms with Crippen LogP contribution in [0, 0.1) is 5.41 Å². The van der Waals surface area contributed by atoms with Crippen LogP contribution in [0.2, 0.25) is 0 Å². The first kappa shape index (κ1) is 12.8. The topological polar surface area (TPSA) is 61.6 Å². The molecule has 0 amide bonds. The number of carbonyl (C=O) groups is 1. The van der Waals surface area contributed by atoms with Crippen molar-refractivity contribution in [2.75, 3.05) is 19.8 Å². The Bertz CT molecular complexity index is 253. The maximum atomic E-state index is 12.3. The molecule has 1 atom stereocenters. The molecular weight excluding hydrogens is 218 g/mol. The van der Waals surface area contributed by atoms with E-state index in [0.717, 1.165) is 32.1 Å². The van der Waals surface area contributed by atoms with Gasteiger partial charge in [-0.15, -0.1) is 0 Å². The SMILES string of the molecule is NCC1(C(=O)OC2CCOC2)CCCCCC1. The minimum Gasteiger partial charge on any atom is -0.459 e. The van der Waals surface area contributed by atoms with Crippen molar-refractivity contribution < 1.29 is 14.3 Å². The quantitative estimate of drug-likeness (QED) is 0.602. The van der Waals surface area contributed by atoms with Crippen LogP contribution < -0.4 is 5.73 Å². The summed E-state index contributed by atoms with van der Waals surface area (Å²) in [7, 11) is 0. The fraction of sp³-hybridized carbons (Fsp3) is 0.923. The summed E-state index contributed by atoms with van der Waals surface area (Å²) in [6.45, 7) is 1.67. The first-order chi connectivity index (χ1) is 8.27. The Kier molecular flexibility index (Phi) is 4.40. The number of rotatable bonds is 3. The molecule has 0 aromatic carbocycles. The van der Waals surface area contributed by atoms with E-state index in [1.54, 1.807) is 0 Å². The van der Waals surface area contributed by atoms with Gasteiger partial charge in [-0.3, -0.25) is 4.79 Å². The van der Waals surface area contributed by atoms with Crippen molar-refractivity contribution in [2.45, 2.75) is 51.0 Å². The molecule has 17 heavy (non-hydrogen) atoms. The molecule has 98 valence electrons. The Labute approximate surface area is 103 Å². The highest BCUT2D eigenvalue weighted by molar-refractivity contribution is 5.77. The van der Waals surface area contributed by atoms with Gasteiger partial charge in [-0.1, -0.05) is 25.7 Å². The Balaban J connectivity index is 1.96. The summed E-state index contributed by atoms with van der Waals surface area (Å²) in [4.78, 5) is 12.3. The first-order valence-electron chi connectivity index (χ1n) is 6.76. The zero-order valence-electron chi connectivity index (χ0n) is 10.5. The normalized spacial score (nSPS) is 28.6. The minimum absolute atomic E-state index is 0.0471. The molecule has 0 aromatic heterocycles. The lowest BCUT2D eigenvalue weighted by Gasteiger charge is -2.29. The van der Waals surface area contributed by atoms with Crippen LogP contribution in [-0.2, 0) is 14.3 Å². The van der Waals surface area contributed by atoms with Gasteiger partial charge >= 0.3 is 5.97 Å². The Morgan fingerprint density at radius 3 is 2.53 bits per heavy atom. The minimum atomic E-state index is -0.418. The standard InChI is InChI=1S/C13H23NO3/c14-10-13(6-3-1-2-4-7-13)12(15)17-11-5-8-16-9-11/h11H,1-10,14H2. The van der Waals surface area contributed by atoms with Gasteiger partial charge in [0.1, 0.15) is 6.10 Å². The number of ether oxygens (including phenoxy) is 2. The van der Waals surface area contributed by atoms with Crippen molar-refractivity contribution in [1.29, 1.82) is 0 Å². The molecule has 2 aliphatic rings. The molecule has 1 saturated heterocycles. The number of carbonyl (C=O) groups excluding carboxylic acids is 1. The zero-order chi connectivity index (χ0) is 12.1. The molecule has 4 nitrogen and oxygen atoms in total. The van der Waals surface area contributed by atoms with E-state index in [2.05, 4.69) is 0 Å². The molecule has 1 aliphatic heterocycles. The van der Waals surface area contributed by atoms with Gasteiger partial charge in [-0.25, -0.2) is 0 Å². The molecule has 0 spiro atoms. The molecule has 1 heterocycles. The molecule has 4 heteroatoms. The van der Waals surface area contributed by atoms with Gasteiger partial charge in [0.05, 0.1) is 18.6 Å². The zero-order valence-corrected chi connectivity index (χ0v) is 10.5. The predicted molar refractivity (Wildman–Crippen MR) is 64.5 cm³/mol. The van der Waals surface area contributed by atoms with Crippen LogP contribution in [0.15, 0.2) is 0 Å². The lowest BCUT2D eigenvalue weighted by Crippen LogP contribution is -2.41. The van der Waals surface area contributed by atoms with Crippen molar-refractivity contribution in [1.82, 2.24) is 0 Å². The molecule has 0 bridgehead atoms. The van der Waals surface area contributed by atoms with Gasteiger partial charge < -0.3 is 15.2 Å². The van der Waals surface area contributed by atoms with E-state index < -0.39 is 5.41 Å². The second-order valence-electron chi connectivity index (χ2n) is 5.29. The fourth-order valence-corrected chi connectivity index (χ4v) is 2.78. The molecule has 2 fully saturated rings. The third-order valence-corrected chi connectivity index (χ3v) is 4.05. The van der Waals surface area contributed by atoms with Gasteiger partial charge in [0.2, 0.25) is 0 Å². The average Bonchev–Trinajstić information content (AvgIpc) is 2.72. The fourth-order valence-electron chi connectivity index (χ4n) is 2.78. The van der Waals surface area contributed by atoms with Crippen molar-refractivity contribution in [2.24, 2.45) is 11.1 Å². The lowest BCUT2D eigenvalue weighted by molar-refractivity contribution is -0.162. The summed E-state index contributed by atoms with van der Waals surface area (Å²) in [5, 5.41) is 0. The van der Waals surface area contributed by atoms with Gasteiger partial charge in [0.15, 0.2) is 0 Å². The molecule has 0 aromatic rings. The van der Waals surface area contributed by atoms with Gasteiger partial charge in [-0.05, 0) is 12.8 Å². The van der Waals surface area contributed by atoms with Crippen LogP contribution in [-0.4, -0.2) is 31.8 Å². The average molecular weight is 241 g/mol. The summed E-state index contributed by atoms with van der Waals surface area (Å²) in [6.07, 6.45) is 7.15. The van der Waals surface area contributed by atoms with Crippen LogP contribution in [0.5, 0.6) is 0 Å². The number of hydrogen-bond acceptors (Lipinski definition) is 4. The third kappa shape index (κ3) is 2.99. The number of hydrogen-bond donors (Lipinski definition) is 1. The van der Waals surface area contributed by atoms with Gasteiger partial charge in [0.25, 0.3) is 0 Å². The highest BCUT2D eigenvalue weighted by Gasteiger charge is 2.40. The largest absolute Gasteiger partial charge is 0.459 e. The summed E-state index contributed by atoms with van der Waals surface area (Å²) < 4.78 is 10.8. The lowest BCUT2D eigenvalue weighted by atomic mass is 9.80. The van der Waals surface area contributed by atoms with Crippen LogP contribution >= 0.6 is 0 Å². The van der Waals surface area contributed by atoms with Gasteiger partial charge in [0, 0.05) is 13.0 Å². The Morgan fingerprint density at radius 1 is 1.29 bits per heavy atom. The van der Waals surface area contributed by atoms with Crippen molar-refractivity contribution >= 4 is 5.97 Å². The van der Waals surface area contributed by atoms with Crippen LogP contribution in [0.25, 0.3) is 0 Å². The molecule has 1 aliphatic carbocycles. The Morgan fingerprint density at radius 2 is 2.00 bits per heavy atom. The maximum absolute atomic E-state index is 12.3. The van der Waals surface area contributed by atoms with Crippen LogP contribution in [0.1, 0.15) is 44.9 Å². The van der Waals surface area contributed by atoms with Crippen molar-refractivity contribution in [3.63, 3.8) is 0 Å². The highest BCUT2D eigenvalue weighted by Crippen LogP contribution is 2.36.